The fraction of sp³-hybridized carbons (Fsp3) is 0.353. The molecule has 2 heterocycles. The SMILES string of the molecule is O=C(CCc1nccs1)NC1CCCN(c2ccccc2)C1=O. The maximum Gasteiger partial charge on any atom is 0.249 e. The quantitative estimate of drug-likeness (QED) is 0.916. The van der Waals surface area contributed by atoms with E-state index in [0.29, 0.717) is 25.8 Å². The normalized spacial score (nSPS) is 18.0. The molecule has 1 aliphatic heterocycles. The van der Waals surface area contributed by atoms with Crippen molar-refractivity contribution in [3.63, 3.8) is 0 Å². The van der Waals surface area contributed by atoms with Crippen LogP contribution in [-0.4, -0.2) is 29.4 Å². The van der Waals surface area contributed by atoms with Crippen molar-refractivity contribution in [2.45, 2.75) is 31.7 Å². The lowest BCUT2D eigenvalue weighted by Crippen LogP contribution is -2.52. The zero-order valence-corrected chi connectivity index (χ0v) is 13.6. The van der Waals surface area contributed by atoms with E-state index in [4.69, 9.17) is 0 Å². The Morgan fingerprint density at radius 2 is 2.17 bits per heavy atom. The second-order valence-electron chi connectivity index (χ2n) is 5.51. The van der Waals surface area contributed by atoms with Gasteiger partial charge < -0.3 is 10.2 Å². The summed E-state index contributed by atoms with van der Waals surface area (Å²) in [5, 5.41) is 5.72. The monoisotopic (exact) mass is 329 g/mol. The lowest BCUT2D eigenvalue weighted by Gasteiger charge is -2.32. The zero-order chi connectivity index (χ0) is 16.1. The van der Waals surface area contributed by atoms with Gasteiger partial charge in [-0.15, -0.1) is 11.3 Å². The minimum Gasteiger partial charge on any atom is -0.344 e. The molecule has 1 N–H and O–H groups in total. The summed E-state index contributed by atoms with van der Waals surface area (Å²) in [4.78, 5) is 30.6. The number of carbonyl (C=O) groups excluding carboxylic acids is 2. The summed E-state index contributed by atoms with van der Waals surface area (Å²) in [7, 11) is 0. The van der Waals surface area contributed by atoms with E-state index < -0.39 is 6.04 Å². The number of rotatable bonds is 5. The van der Waals surface area contributed by atoms with Crippen LogP contribution in [-0.2, 0) is 16.0 Å². The van der Waals surface area contributed by atoms with E-state index in [1.807, 2.05) is 35.7 Å². The van der Waals surface area contributed by atoms with Gasteiger partial charge in [0.2, 0.25) is 11.8 Å². The van der Waals surface area contributed by atoms with E-state index in [-0.39, 0.29) is 11.8 Å². The first-order chi connectivity index (χ1) is 11.2. The van der Waals surface area contributed by atoms with Gasteiger partial charge in [-0.25, -0.2) is 4.98 Å². The number of amides is 2. The lowest BCUT2D eigenvalue weighted by molar-refractivity contribution is -0.128. The molecule has 0 radical (unpaired) electrons. The Morgan fingerprint density at radius 1 is 1.35 bits per heavy atom. The first kappa shape index (κ1) is 15.7. The summed E-state index contributed by atoms with van der Waals surface area (Å²) >= 11 is 1.54. The van der Waals surface area contributed by atoms with Crippen LogP contribution in [0.3, 0.4) is 0 Å². The predicted octanol–water partition coefficient (Wildman–Crippen LogP) is 2.39. The number of benzene rings is 1. The van der Waals surface area contributed by atoms with E-state index in [0.717, 1.165) is 17.1 Å². The van der Waals surface area contributed by atoms with Gasteiger partial charge in [0.25, 0.3) is 0 Å². The molecule has 1 atom stereocenters. The highest BCUT2D eigenvalue weighted by Crippen LogP contribution is 2.20. The number of thiazole rings is 1. The number of carbonyl (C=O) groups is 2. The van der Waals surface area contributed by atoms with E-state index in [1.165, 1.54) is 0 Å². The van der Waals surface area contributed by atoms with Crippen molar-refractivity contribution in [3.05, 3.63) is 46.9 Å². The fourth-order valence-electron chi connectivity index (χ4n) is 2.74. The highest BCUT2D eigenvalue weighted by molar-refractivity contribution is 7.09. The lowest BCUT2D eigenvalue weighted by atomic mass is 10.0. The van der Waals surface area contributed by atoms with Crippen molar-refractivity contribution in [2.75, 3.05) is 11.4 Å². The summed E-state index contributed by atoms with van der Waals surface area (Å²) in [6.45, 7) is 0.703. The van der Waals surface area contributed by atoms with E-state index in [1.54, 1.807) is 22.4 Å². The van der Waals surface area contributed by atoms with Gasteiger partial charge in [0.05, 0.1) is 5.01 Å². The van der Waals surface area contributed by atoms with Crippen LogP contribution < -0.4 is 10.2 Å². The third-order valence-electron chi connectivity index (χ3n) is 3.89. The van der Waals surface area contributed by atoms with Crippen LogP contribution in [0, 0.1) is 0 Å². The topological polar surface area (TPSA) is 62.3 Å². The van der Waals surface area contributed by atoms with Gasteiger partial charge in [-0.1, -0.05) is 18.2 Å². The highest BCUT2D eigenvalue weighted by atomic mass is 32.1. The van der Waals surface area contributed by atoms with Crippen molar-refractivity contribution in [3.8, 4) is 0 Å². The third kappa shape index (κ3) is 3.96. The van der Waals surface area contributed by atoms with Crippen molar-refractivity contribution >= 4 is 28.8 Å². The number of piperidine rings is 1. The van der Waals surface area contributed by atoms with Gasteiger partial charge in [-0.3, -0.25) is 9.59 Å². The van der Waals surface area contributed by atoms with Crippen LogP contribution in [0.2, 0.25) is 0 Å². The number of para-hydroxylation sites is 1. The average Bonchev–Trinajstić information content (AvgIpc) is 3.09. The third-order valence-corrected chi connectivity index (χ3v) is 4.73. The van der Waals surface area contributed by atoms with Gasteiger partial charge in [0.1, 0.15) is 6.04 Å². The molecule has 1 aromatic heterocycles. The number of hydrogen-bond donors (Lipinski definition) is 1. The molecule has 5 nitrogen and oxygen atoms in total. The molecule has 23 heavy (non-hydrogen) atoms. The largest absolute Gasteiger partial charge is 0.344 e. The number of nitrogens with one attached hydrogen (secondary N) is 1. The van der Waals surface area contributed by atoms with Gasteiger partial charge in [0.15, 0.2) is 0 Å². The van der Waals surface area contributed by atoms with E-state index >= 15 is 0 Å². The number of anilines is 1. The molecule has 1 unspecified atom stereocenters. The Morgan fingerprint density at radius 3 is 2.91 bits per heavy atom. The second-order valence-corrected chi connectivity index (χ2v) is 6.49. The van der Waals surface area contributed by atoms with Crippen molar-refractivity contribution in [1.82, 2.24) is 10.3 Å². The molecule has 2 amide bonds. The standard InChI is InChI=1S/C17H19N3O2S/c21-15(8-9-16-18-10-12-23-16)19-14-7-4-11-20(17(14)22)13-5-2-1-3-6-13/h1-3,5-6,10,12,14H,4,7-9,11H2,(H,19,21). The number of aryl methyl sites for hydroxylation is 1. The predicted molar refractivity (Wildman–Crippen MR) is 90.4 cm³/mol. The minimum absolute atomic E-state index is 0.0231. The van der Waals surface area contributed by atoms with Crippen LogP contribution in [0.25, 0.3) is 0 Å². The molecule has 2 aromatic rings. The Bertz CT molecular complexity index is 658. The number of hydrogen-bond acceptors (Lipinski definition) is 4. The molecule has 3 rings (SSSR count). The molecule has 0 bridgehead atoms. The molecule has 0 aliphatic carbocycles. The maximum absolute atomic E-state index is 12.6. The van der Waals surface area contributed by atoms with Crippen LogP contribution in [0.5, 0.6) is 0 Å². The molecular formula is C17H19N3O2S. The Balaban J connectivity index is 1.57. The Labute approximate surface area is 139 Å². The number of nitrogens with zero attached hydrogens (tertiary/aromatic N) is 2. The van der Waals surface area contributed by atoms with Gasteiger partial charge in [-0.05, 0) is 25.0 Å². The van der Waals surface area contributed by atoms with Gasteiger partial charge >= 0.3 is 0 Å². The van der Waals surface area contributed by atoms with Gasteiger partial charge in [0, 0.05) is 36.7 Å². The van der Waals surface area contributed by atoms with Crippen molar-refractivity contribution in [1.29, 1.82) is 0 Å². The molecule has 1 aromatic carbocycles. The molecule has 1 aliphatic rings. The van der Waals surface area contributed by atoms with E-state index in [9.17, 15) is 9.59 Å². The first-order valence-electron chi connectivity index (χ1n) is 7.78. The summed E-state index contributed by atoms with van der Waals surface area (Å²) in [6, 6.07) is 9.18. The van der Waals surface area contributed by atoms with Gasteiger partial charge in [-0.2, -0.15) is 0 Å². The van der Waals surface area contributed by atoms with E-state index in [2.05, 4.69) is 10.3 Å². The van der Waals surface area contributed by atoms with Crippen molar-refractivity contribution < 1.29 is 9.59 Å². The molecule has 0 saturated carbocycles. The molecule has 0 spiro atoms. The number of aromatic nitrogens is 1. The first-order valence-corrected chi connectivity index (χ1v) is 8.66. The average molecular weight is 329 g/mol. The van der Waals surface area contributed by atoms with Crippen LogP contribution in [0.1, 0.15) is 24.3 Å². The Kier molecular flexibility index (Phi) is 5.02. The van der Waals surface area contributed by atoms with Crippen molar-refractivity contribution in [2.24, 2.45) is 0 Å². The molecule has 1 saturated heterocycles. The van der Waals surface area contributed by atoms with Crippen LogP contribution in [0.15, 0.2) is 41.9 Å². The highest BCUT2D eigenvalue weighted by Gasteiger charge is 2.30. The molecular weight excluding hydrogens is 310 g/mol. The maximum atomic E-state index is 12.6. The fourth-order valence-corrected chi connectivity index (χ4v) is 3.36. The molecule has 6 heteroatoms. The Hall–Kier alpha value is -2.21. The smallest absolute Gasteiger partial charge is 0.249 e. The summed E-state index contributed by atoms with van der Waals surface area (Å²) in [6.07, 6.45) is 4.30. The summed E-state index contributed by atoms with van der Waals surface area (Å²) in [5.41, 5.74) is 0.888. The second kappa shape index (κ2) is 7.37. The zero-order valence-electron chi connectivity index (χ0n) is 12.8. The summed E-state index contributed by atoms with van der Waals surface area (Å²) in [5.74, 6) is -0.112. The minimum atomic E-state index is -0.423. The van der Waals surface area contributed by atoms with Crippen LogP contribution >= 0.6 is 11.3 Å². The van der Waals surface area contributed by atoms with Crippen LogP contribution in [0.4, 0.5) is 5.69 Å². The summed E-state index contributed by atoms with van der Waals surface area (Å²) < 4.78 is 0. The molecule has 1 fully saturated rings. The molecule has 120 valence electrons.